The fraction of sp³-hybridized carbons (Fsp3) is 1.00. The molecular formula is C17H36N4. The predicted molar refractivity (Wildman–Crippen MR) is 90.5 cm³/mol. The molecule has 0 saturated carbocycles. The molecule has 2 fully saturated rings. The van der Waals surface area contributed by atoms with Crippen molar-refractivity contribution >= 4 is 0 Å². The smallest absolute Gasteiger partial charge is 0.0353 e. The van der Waals surface area contributed by atoms with E-state index in [1.807, 2.05) is 0 Å². The first-order chi connectivity index (χ1) is 9.95. The van der Waals surface area contributed by atoms with E-state index >= 15 is 0 Å². The molecule has 4 nitrogen and oxygen atoms in total. The van der Waals surface area contributed by atoms with E-state index in [0.717, 1.165) is 18.4 Å². The maximum Gasteiger partial charge on any atom is 0.0353 e. The summed E-state index contributed by atoms with van der Waals surface area (Å²) in [6.07, 6.45) is 3.81. The van der Waals surface area contributed by atoms with Crippen molar-refractivity contribution in [1.82, 2.24) is 14.7 Å². The van der Waals surface area contributed by atoms with Gasteiger partial charge in [0.1, 0.15) is 0 Å². The van der Waals surface area contributed by atoms with Gasteiger partial charge in [0.2, 0.25) is 0 Å². The Hall–Kier alpha value is -0.160. The fourth-order valence-corrected chi connectivity index (χ4v) is 4.17. The molecule has 21 heavy (non-hydrogen) atoms. The van der Waals surface area contributed by atoms with Crippen LogP contribution < -0.4 is 5.73 Å². The maximum atomic E-state index is 6.22. The molecule has 0 amide bonds. The van der Waals surface area contributed by atoms with Gasteiger partial charge in [-0.25, -0.2) is 0 Å². The number of piperidine rings is 1. The summed E-state index contributed by atoms with van der Waals surface area (Å²) in [6.45, 7) is 12.8. The zero-order valence-corrected chi connectivity index (χ0v) is 14.6. The van der Waals surface area contributed by atoms with E-state index in [1.54, 1.807) is 0 Å². The summed E-state index contributed by atoms with van der Waals surface area (Å²) in [5.41, 5.74) is 6.46. The van der Waals surface area contributed by atoms with Crippen molar-refractivity contribution in [2.75, 3.05) is 59.9 Å². The SMILES string of the molecule is CC(C)CN1CCC(CN)(N(C)CC2CCN(C)C2)CC1. The molecular weight excluding hydrogens is 260 g/mol. The second kappa shape index (κ2) is 7.40. The number of nitrogens with zero attached hydrogens (tertiary/aromatic N) is 3. The average Bonchev–Trinajstić information content (AvgIpc) is 2.84. The van der Waals surface area contributed by atoms with Gasteiger partial charge in [-0.1, -0.05) is 13.8 Å². The van der Waals surface area contributed by atoms with Crippen LogP contribution in [0.4, 0.5) is 0 Å². The zero-order chi connectivity index (χ0) is 15.5. The number of likely N-dealkylation sites (N-methyl/N-ethyl adjacent to an activating group) is 1. The maximum absolute atomic E-state index is 6.22. The molecule has 2 aliphatic rings. The number of likely N-dealkylation sites (tertiary alicyclic amines) is 2. The molecule has 1 atom stereocenters. The Balaban J connectivity index is 1.86. The van der Waals surface area contributed by atoms with E-state index in [4.69, 9.17) is 5.73 Å². The van der Waals surface area contributed by atoms with Gasteiger partial charge in [-0.2, -0.15) is 0 Å². The van der Waals surface area contributed by atoms with Crippen molar-refractivity contribution in [3.8, 4) is 0 Å². The van der Waals surface area contributed by atoms with Crippen LogP contribution in [0.3, 0.4) is 0 Å². The van der Waals surface area contributed by atoms with Gasteiger partial charge >= 0.3 is 0 Å². The van der Waals surface area contributed by atoms with Crippen LogP contribution in [0.25, 0.3) is 0 Å². The van der Waals surface area contributed by atoms with Crippen LogP contribution >= 0.6 is 0 Å². The minimum atomic E-state index is 0.245. The number of nitrogens with two attached hydrogens (primary N) is 1. The van der Waals surface area contributed by atoms with Crippen LogP contribution in [0.15, 0.2) is 0 Å². The molecule has 4 heteroatoms. The normalized spacial score (nSPS) is 27.9. The van der Waals surface area contributed by atoms with Gasteiger partial charge in [0.05, 0.1) is 0 Å². The molecule has 0 aliphatic carbocycles. The minimum absolute atomic E-state index is 0.245. The highest BCUT2D eigenvalue weighted by atomic mass is 15.2. The fourth-order valence-electron chi connectivity index (χ4n) is 4.17. The van der Waals surface area contributed by atoms with Crippen molar-refractivity contribution in [2.24, 2.45) is 17.6 Å². The Morgan fingerprint density at radius 2 is 1.90 bits per heavy atom. The molecule has 0 spiro atoms. The second-order valence-corrected chi connectivity index (χ2v) is 7.92. The molecule has 124 valence electrons. The van der Waals surface area contributed by atoms with E-state index in [2.05, 4.69) is 42.6 Å². The van der Waals surface area contributed by atoms with Crippen LogP contribution in [0, 0.1) is 11.8 Å². The first kappa shape index (κ1) is 17.2. The van der Waals surface area contributed by atoms with Gasteiger partial charge in [-0.05, 0) is 64.8 Å². The molecule has 0 radical (unpaired) electrons. The number of hydrogen-bond acceptors (Lipinski definition) is 4. The molecule has 0 aromatic rings. The molecule has 0 aromatic carbocycles. The van der Waals surface area contributed by atoms with Gasteiger partial charge in [0, 0.05) is 31.7 Å². The second-order valence-electron chi connectivity index (χ2n) is 7.92. The van der Waals surface area contributed by atoms with E-state index in [-0.39, 0.29) is 5.54 Å². The van der Waals surface area contributed by atoms with Gasteiger partial charge in [-0.3, -0.25) is 4.90 Å². The first-order valence-electron chi connectivity index (χ1n) is 8.77. The highest BCUT2D eigenvalue weighted by Crippen LogP contribution is 2.29. The van der Waals surface area contributed by atoms with E-state index < -0.39 is 0 Å². The van der Waals surface area contributed by atoms with Crippen LogP contribution in [0.2, 0.25) is 0 Å². The van der Waals surface area contributed by atoms with Crippen molar-refractivity contribution in [2.45, 2.75) is 38.6 Å². The third-order valence-electron chi connectivity index (χ3n) is 5.62. The van der Waals surface area contributed by atoms with Gasteiger partial charge in [0.15, 0.2) is 0 Å². The predicted octanol–water partition coefficient (Wildman–Crippen LogP) is 1.32. The summed E-state index contributed by atoms with van der Waals surface area (Å²) in [5, 5.41) is 0. The van der Waals surface area contributed by atoms with Crippen molar-refractivity contribution in [3.63, 3.8) is 0 Å². The molecule has 1 unspecified atom stereocenters. The summed E-state index contributed by atoms with van der Waals surface area (Å²) in [4.78, 5) is 7.68. The quantitative estimate of drug-likeness (QED) is 0.802. The molecule has 0 aromatic heterocycles. The average molecular weight is 297 g/mol. The third-order valence-corrected chi connectivity index (χ3v) is 5.62. The van der Waals surface area contributed by atoms with E-state index in [0.29, 0.717) is 0 Å². The molecule has 0 bridgehead atoms. The Kier molecular flexibility index (Phi) is 6.06. The number of rotatable bonds is 6. The lowest BCUT2D eigenvalue weighted by molar-refractivity contribution is 0.0326. The van der Waals surface area contributed by atoms with Crippen LogP contribution in [-0.2, 0) is 0 Å². The topological polar surface area (TPSA) is 35.7 Å². The van der Waals surface area contributed by atoms with Crippen molar-refractivity contribution in [3.05, 3.63) is 0 Å². The Labute approximate surface area is 131 Å². The summed E-state index contributed by atoms with van der Waals surface area (Å²) in [7, 11) is 4.55. The Morgan fingerprint density at radius 3 is 2.38 bits per heavy atom. The van der Waals surface area contributed by atoms with Gasteiger partial charge in [-0.15, -0.1) is 0 Å². The minimum Gasteiger partial charge on any atom is -0.329 e. The molecule has 2 N–H and O–H groups in total. The lowest BCUT2D eigenvalue weighted by Gasteiger charge is -2.48. The Bertz CT molecular complexity index is 310. The number of hydrogen-bond donors (Lipinski definition) is 1. The van der Waals surface area contributed by atoms with E-state index in [1.165, 1.54) is 58.5 Å². The third kappa shape index (κ3) is 4.41. The van der Waals surface area contributed by atoms with E-state index in [9.17, 15) is 0 Å². The highest BCUT2D eigenvalue weighted by Gasteiger charge is 2.38. The van der Waals surface area contributed by atoms with Crippen LogP contribution in [-0.4, -0.2) is 80.1 Å². The van der Waals surface area contributed by atoms with Crippen LogP contribution in [0.5, 0.6) is 0 Å². The largest absolute Gasteiger partial charge is 0.329 e. The van der Waals surface area contributed by atoms with Crippen molar-refractivity contribution < 1.29 is 0 Å². The summed E-state index contributed by atoms with van der Waals surface area (Å²) >= 11 is 0. The molecule has 2 aliphatic heterocycles. The Morgan fingerprint density at radius 1 is 1.24 bits per heavy atom. The van der Waals surface area contributed by atoms with Crippen molar-refractivity contribution in [1.29, 1.82) is 0 Å². The lowest BCUT2D eigenvalue weighted by Crippen LogP contribution is -2.59. The molecule has 2 saturated heterocycles. The highest BCUT2D eigenvalue weighted by molar-refractivity contribution is 4.96. The lowest BCUT2D eigenvalue weighted by atomic mass is 9.85. The van der Waals surface area contributed by atoms with Gasteiger partial charge < -0.3 is 15.5 Å². The zero-order valence-electron chi connectivity index (χ0n) is 14.6. The summed E-state index contributed by atoms with van der Waals surface area (Å²) in [5.74, 6) is 1.60. The molecule has 2 rings (SSSR count). The summed E-state index contributed by atoms with van der Waals surface area (Å²) in [6, 6.07) is 0. The monoisotopic (exact) mass is 296 g/mol. The standard InChI is InChI=1S/C17H36N4/c1-15(2)11-21-9-6-17(14-18,7-10-21)20(4)13-16-5-8-19(3)12-16/h15-16H,5-14,18H2,1-4H3. The van der Waals surface area contributed by atoms with Gasteiger partial charge in [0.25, 0.3) is 0 Å². The molecule has 2 heterocycles. The van der Waals surface area contributed by atoms with Crippen LogP contribution in [0.1, 0.15) is 33.1 Å². The summed E-state index contributed by atoms with van der Waals surface area (Å²) < 4.78 is 0. The first-order valence-corrected chi connectivity index (χ1v) is 8.77.